The van der Waals surface area contributed by atoms with Crippen LogP contribution in [0.3, 0.4) is 0 Å². The number of nitrogens with zero attached hydrogens (tertiary/aromatic N) is 2. The van der Waals surface area contributed by atoms with Crippen LogP contribution in [0.5, 0.6) is 0 Å². The second kappa shape index (κ2) is 15.0. The van der Waals surface area contributed by atoms with Gasteiger partial charge in [-0.25, -0.2) is 0 Å². The number of rotatable bonds is 15. The van der Waals surface area contributed by atoms with Gasteiger partial charge in [-0.05, 0) is 25.1 Å². The summed E-state index contributed by atoms with van der Waals surface area (Å²) in [6.45, 7) is -0.385. The Kier molecular flexibility index (Phi) is 12.5. The second-order valence-corrected chi connectivity index (χ2v) is 7.97. The number of ether oxygens (including phenoxy) is 1. The van der Waals surface area contributed by atoms with Crippen LogP contribution in [0.25, 0.3) is 0 Å². The second-order valence-electron chi connectivity index (χ2n) is 7.97. The van der Waals surface area contributed by atoms with Gasteiger partial charge in [0.1, 0.15) is 12.1 Å². The van der Waals surface area contributed by atoms with Crippen molar-refractivity contribution in [3.63, 3.8) is 0 Å². The van der Waals surface area contributed by atoms with Crippen molar-refractivity contribution in [2.75, 3.05) is 27.7 Å². The van der Waals surface area contributed by atoms with Crippen LogP contribution in [0.2, 0.25) is 0 Å². The number of hydrogen-bond acceptors (Lipinski definition) is 9. The highest BCUT2D eigenvalue weighted by molar-refractivity contribution is 5.96. The Labute approximate surface area is 208 Å². The molecular formula is C22H33N7O7. The molecule has 36 heavy (non-hydrogen) atoms. The molecule has 1 heterocycles. The molecule has 0 aliphatic heterocycles. The van der Waals surface area contributed by atoms with Crippen LogP contribution in [0.15, 0.2) is 24.5 Å². The van der Waals surface area contributed by atoms with Crippen LogP contribution in [0.4, 0.5) is 0 Å². The summed E-state index contributed by atoms with van der Waals surface area (Å²) in [4.78, 5) is 78.1. The lowest BCUT2D eigenvalue weighted by atomic mass is 10.0. The third-order valence-corrected chi connectivity index (χ3v) is 5.11. The molecule has 0 aliphatic rings. The summed E-state index contributed by atoms with van der Waals surface area (Å²) in [7, 11) is 4.05. The molecule has 0 radical (unpaired) electrons. The summed E-state index contributed by atoms with van der Waals surface area (Å²) in [5, 5.41) is 7.68. The number of hydrogen-bond donors (Lipinski definition) is 5. The maximum absolute atomic E-state index is 13.1. The monoisotopic (exact) mass is 507 g/mol. The van der Waals surface area contributed by atoms with Crippen LogP contribution in [0, 0.1) is 0 Å². The first-order chi connectivity index (χ1) is 17.0. The molecule has 0 spiro atoms. The molecule has 1 rings (SSSR count). The van der Waals surface area contributed by atoms with E-state index in [-0.39, 0.29) is 25.8 Å². The van der Waals surface area contributed by atoms with E-state index in [1.165, 1.54) is 33.6 Å². The Hall–Kier alpha value is -4.07. The smallest absolute Gasteiger partial charge is 0.305 e. The normalized spacial score (nSPS) is 13.0. The fourth-order valence-corrected chi connectivity index (χ4v) is 3.26. The van der Waals surface area contributed by atoms with Gasteiger partial charge in [-0.1, -0.05) is 6.07 Å². The van der Waals surface area contributed by atoms with Crippen LogP contribution < -0.4 is 27.4 Å². The highest BCUT2D eigenvalue weighted by Gasteiger charge is 2.31. The lowest BCUT2D eigenvalue weighted by Crippen LogP contribution is -2.57. The van der Waals surface area contributed by atoms with E-state index >= 15 is 0 Å². The molecule has 14 heteroatoms. The summed E-state index contributed by atoms with van der Waals surface area (Å²) in [5.74, 6) is -4.27. The molecule has 0 aliphatic carbocycles. The summed E-state index contributed by atoms with van der Waals surface area (Å²) < 4.78 is 4.56. The van der Waals surface area contributed by atoms with Crippen LogP contribution in [0.1, 0.15) is 24.8 Å². The fourth-order valence-electron chi connectivity index (χ4n) is 3.26. The van der Waals surface area contributed by atoms with Crippen molar-refractivity contribution in [3.8, 4) is 0 Å². The van der Waals surface area contributed by atoms with Crippen molar-refractivity contribution >= 4 is 35.5 Å². The van der Waals surface area contributed by atoms with Gasteiger partial charge in [-0.3, -0.25) is 33.8 Å². The Morgan fingerprint density at radius 3 is 2.19 bits per heavy atom. The molecular weight excluding hydrogens is 474 g/mol. The first-order valence-electron chi connectivity index (χ1n) is 11.0. The summed E-state index contributed by atoms with van der Waals surface area (Å²) in [6, 6.07) is -0.113. The van der Waals surface area contributed by atoms with Crippen LogP contribution >= 0.6 is 0 Å². The SMILES string of the molecule is CN[C@@H](CCC(=O)OC)C(=O)N[C@@H](CC(N)=O)C(=O)N[C@@H](Cc1cccnc1)C(=O)N(C)CC(N)=O. The number of aromatic nitrogens is 1. The number of nitrogens with one attached hydrogen (secondary N) is 3. The van der Waals surface area contributed by atoms with E-state index < -0.39 is 60.1 Å². The molecule has 198 valence electrons. The third-order valence-electron chi connectivity index (χ3n) is 5.11. The largest absolute Gasteiger partial charge is 0.469 e. The molecule has 0 fully saturated rings. The average Bonchev–Trinajstić information content (AvgIpc) is 2.82. The van der Waals surface area contributed by atoms with Gasteiger partial charge in [0.05, 0.1) is 26.1 Å². The number of carbonyl (C=O) groups excluding carboxylic acids is 6. The summed E-state index contributed by atoms with van der Waals surface area (Å²) >= 11 is 0. The lowest BCUT2D eigenvalue weighted by Gasteiger charge is -2.26. The standard InChI is InChI=1S/C22H33N7O7/c1-25-14(6-7-19(32)36-3)20(33)27-15(10-17(23)30)21(34)28-16(9-13-5-4-8-26-11-13)22(35)29(2)12-18(24)31/h4-5,8,11,14-16,25H,6-7,9-10,12H2,1-3H3,(H2,23,30)(H2,24,31)(H,27,33)(H,28,34)/t14-,15-,16-/m0/s1. The molecule has 0 bridgehead atoms. The molecule has 0 unspecified atom stereocenters. The number of esters is 1. The van der Waals surface area contributed by atoms with Gasteiger partial charge in [0.2, 0.25) is 29.5 Å². The Morgan fingerprint density at radius 2 is 1.67 bits per heavy atom. The fraction of sp³-hybridized carbons (Fsp3) is 0.500. The Balaban J connectivity index is 3.07. The van der Waals surface area contributed by atoms with Crippen molar-refractivity contribution in [1.82, 2.24) is 25.8 Å². The molecule has 1 aromatic heterocycles. The lowest BCUT2D eigenvalue weighted by molar-refractivity contribution is -0.141. The third kappa shape index (κ3) is 10.5. The first kappa shape index (κ1) is 30.0. The zero-order chi connectivity index (χ0) is 27.3. The van der Waals surface area contributed by atoms with E-state index in [9.17, 15) is 28.8 Å². The van der Waals surface area contributed by atoms with E-state index in [2.05, 4.69) is 25.7 Å². The van der Waals surface area contributed by atoms with Crippen molar-refractivity contribution in [2.24, 2.45) is 11.5 Å². The first-order valence-corrected chi connectivity index (χ1v) is 11.0. The predicted octanol–water partition coefficient (Wildman–Crippen LogP) is -3.05. The maximum atomic E-state index is 13.1. The minimum absolute atomic E-state index is 0.0109. The van der Waals surface area contributed by atoms with Crippen LogP contribution in [-0.4, -0.2) is 91.3 Å². The summed E-state index contributed by atoms with van der Waals surface area (Å²) in [5.41, 5.74) is 11.0. The molecule has 3 atom stereocenters. The van der Waals surface area contributed by atoms with E-state index in [4.69, 9.17) is 11.5 Å². The molecule has 0 saturated carbocycles. The van der Waals surface area contributed by atoms with Crippen molar-refractivity contribution < 1.29 is 33.5 Å². The van der Waals surface area contributed by atoms with Crippen molar-refractivity contribution in [1.29, 1.82) is 0 Å². The number of primary amides is 2. The van der Waals surface area contributed by atoms with Gasteiger partial charge in [0.25, 0.3) is 0 Å². The Morgan fingerprint density at radius 1 is 1.03 bits per heavy atom. The van der Waals surface area contributed by atoms with E-state index in [0.717, 1.165) is 4.90 Å². The zero-order valence-corrected chi connectivity index (χ0v) is 20.5. The molecule has 0 aromatic carbocycles. The maximum Gasteiger partial charge on any atom is 0.305 e. The molecule has 14 nitrogen and oxygen atoms in total. The number of likely N-dealkylation sites (N-methyl/N-ethyl adjacent to an activating group) is 2. The number of amides is 5. The average molecular weight is 508 g/mol. The number of methoxy groups -OCH3 is 1. The van der Waals surface area contributed by atoms with Crippen molar-refractivity contribution in [2.45, 2.75) is 43.8 Å². The predicted molar refractivity (Wildman–Crippen MR) is 127 cm³/mol. The van der Waals surface area contributed by atoms with Gasteiger partial charge >= 0.3 is 5.97 Å². The number of carbonyl (C=O) groups is 6. The van der Waals surface area contributed by atoms with Crippen LogP contribution in [-0.2, 0) is 39.9 Å². The molecule has 0 saturated heterocycles. The van der Waals surface area contributed by atoms with E-state index in [1.807, 2.05) is 0 Å². The van der Waals surface area contributed by atoms with E-state index in [0.29, 0.717) is 5.56 Å². The Bertz CT molecular complexity index is 942. The number of pyridine rings is 1. The quantitative estimate of drug-likeness (QED) is 0.152. The topological polar surface area (TPSA) is 216 Å². The van der Waals surface area contributed by atoms with Gasteiger partial charge in [0, 0.05) is 32.3 Å². The number of nitrogens with two attached hydrogens (primary N) is 2. The van der Waals surface area contributed by atoms with Gasteiger partial charge in [-0.2, -0.15) is 0 Å². The van der Waals surface area contributed by atoms with Gasteiger partial charge in [0.15, 0.2) is 0 Å². The van der Waals surface area contributed by atoms with Crippen molar-refractivity contribution in [3.05, 3.63) is 30.1 Å². The minimum Gasteiger partial charge on any atom is -0.469 e. The molecule has 1 aromatic rings. The highest BCUT2D eigenvalue weighted by atomic mass is 16.5. The molecule has 5 amide bonds. The highest BCUT2D eigenvalue weighted by Crippen LogP contribution is 2.07. The molecule has 7 N–H and O–H groups in total. The van der Waals surface area contributed by atoms with E-state index in [1.54, 1.807) is 12.1 Å². The minimum atomic E-state index is -1.41. The van der Waals surface area contributed by atoms with Gasteiger partial charge < -0.3 is 37.1 Å². The zero-order valence-electron chi connectivity index (χ0n) is 20.5. The summed E-state index contributed by atoms with van der Waals surface area (Å²) in [6.07, 6.45) is 2.51. The van der Waals surface area contributed by atoms with Gasteiger partial charge in [-0.15, -0.1) is 0 Å².